The lowest BCUT2D eigenvalue weighted by Gasteiger charge is -2.27. The summed E-state index contributed by atoms with van der Waals surface area (Å²) in [6.07, 6.45) is 3.02. The summed E-state index contributed by atoms with van der Waals surface area (Å²) < 4.78 is 0. The standard InChI is InChI=1S/C20H22N2O2/c23-19(21-17-7-3-1-4-8-17)15-11-13-16(14-12-15)20(24)22-18-9-5-2-6-10-18/h1-10,15-16H,11-14H2,(H,21,23)(H,22,24). The smallest absolute Gasteiger partial charge is 0.227 e. The summed E-state index contributed by atoms with van der Waals surface area (Å²) in [4.78, 5) is 24.6. The van der Waals surface area contributed by atoms with Gasteiger partial charge in [0, 0.05) is 23.2 Å². The molecule has 2 amide bonds. The molecule has 1 aliphatic carbocycles. The molecule has 0 heterocycles. The number of hydrogen-bond acceptors (Lipinski definition) is 2. The van der Waals surface area contributed by atoms with Crippen molar-refractivity contribution in [3.05, 3.63) is 60.7 Å². The molecule has 0 aromatic heterocycles. The number of amides is 2. The van der Waals surface area contributed by atoms with Gasteiger partial charge in [-0.1, -0.05) is 36.4 Å². The van der Waals surface area contributed by atoms with E-state index in [1.807, 2.05) is 60.7 Å². The van der Waals surface area contributed by atoms with Crippen LogP contribution in [-0.2, 0) is 9.59 Å². The van der Waals surface area contributed by atoms with Crippen LogP contribution in [0.4, 0.5) is 11.4 Å². The van der Waals surface area contributed by atoms with E-state index < -0.39 is 0 Å². The first-order chi connectivity index (χ1) is 11.7. The van der Waals surface area contributed by atoms with Crippen LogP contribution in [0.5, 0.6) is 0 Å². The van der Waals surface area contributed by atoms with Crippen molar-refractivity contribution in [2.24, 2.45) is 11.8 Å². The van der Waals surface area contributed by atoms with Crippen LogP contribution in [0.1, 0.15) is 25.7 Å². The first-order valence-electron chi connectivity index (χ1n) is 8.44. The molecule has 1 fully saturated rings. The molecule has 2 aromatic rings. The molecular formula is C20H22N2O2. The highest BCUT2D eigenvalue weighted by atomic mass is 16.2. The second-order valence-corrected chi connectivity index (χ2v) is 6.26. The molecule has 0 atom stereocenters. The highest BCUT2D eigenvalue weighted by Gasteiger charge is 2.29. The maximum Gasteiger partial charge on any atom is 0.227 e. The van der Waals surface area contributed by atoms with Crippen molar-refractivity contribution >= 4 is 23.2 Å². The summed E-state index contributed by atoms with van der Waals surface area (Å²) in [5.74, 6) is 0.100. The quantitative estimate of drug-likeness (QED) is 0.891. The van der Waals surface area contributed by atoms with Gasteiger partial charge < -0.3 is 10.6 Å². The van der Waals surface area contributed by atoms with E-state index >= 15 is 0 Å². The zero-order chi connectivity index (χ0) is 16.8. The van der Waals surface area contributed by atoms with E-state index in [1.165, 1.54) is 0 Å². The van der Waals surface area contributed by atoms with Gasteiger partial charge in [0.25, 0.3) is 0 Å². The van der Waals surface area contributed by atoms with Gasteiger partial charge >= 0.3 is 0 Å². The number of carbonyl (C=O) groups is 2. The molecule has 0 bridgehead atoms. The maximum absolute atomic E-state index is 12.3. The monoisotopic (exact) mass is 322 g/mol. The number of carbonyl (C=O) groups excluding carboxylic acids is 2. The molecule has 0 radical (unpaired) electrons. The fraction of sp³-hybridized carbons (Fsp3) is 0.300. The number of anilines is 2. The fourth-order valence-corrected chi connectivity index (χ4v) is 3.15. The zero-order valence-electron chi connectivity index (χ0n) is 13.6. The van der Waals surface area contributed by atoms with Gasteiger partial charge in [0.05, 0.1) is 0 Å². The van der Waals surface area contributed by atoms with Crippen molar-refractivity contribution in [3.63, 3.8) is 0 Å². The predicted molar refractivity (Wildman–Crippen MR) is 95.6 cm³/mol. The van der Waals surface area contributed by atoms with Crippen LogP contribution in [0.25, 0.3) is 0 Å². The Balaban J connectivity index is 1.48. The predicted octanol–water partition coefficient (Wildman–Crippen LogP) is 4.07. The van der Waals surface area contributed by atoms with Gasteiger partial charge in [-0.15, -0.1) is 0 Å². The van der Waals surface area contributed by atoms with Crippen molar-refractivity contribution < 1.29 is 9.59 Å². The van der Waals surface area contributed by atoms with Crippen molar-refractivity contribution in [2.45, 2.75) is 25.7 Å². The minimum absolute atomic E-state index is 0.00835. The Morgan fingerprint density at radius 1 is 0.625 bits per heavy atom. The zero-order valence-corrected chi connectivity index (χ0v) is 13.6. The second-order valence-electron chi connectivity index (χ2n) is 6.26. The Morgan fingerprint density at radius 2 is 0.958 bits per heavy atom. The number of hydrogen-bond donors (Lipinski definition) is 2. The lowest BCUT2D eigenvalue weighted by molar-refractivity contribution is -0.125. The van der Waals surface area contributed by atoms with Gasteiger partial charge in [0.2, 0.25) is 11.8 Å². The number of nitrogens with one attached hydrogen (secondary N) is 2. The van der Waals surface area contributed by atoms with Gasteiger partial charge in [-0.3, -0.25) is 9.59 Å². The number of benzene rings is 2. The summed E-state index contributed by atoms with van der Waals surface area (Å²) in [6.45, 7) is 0. The van der Waals surface area contributed by atoms with Crippen LogP contribution in [0, 0.1) is 11.8 Å². The van der Waals surface area contributed by atoms with Crippen LogP contribution in [-0.4, -0.2) is 11.8 Å². The Bertz CT molecular complexity index is 616. The lowest BCUT2D eigenvalue weighted by Crippen LogP contribution is -2.31. The van der Waals surface area contributed by atoms with Gasteiger partial charge in [-0.2, -0.15) is 0 Å². The second kappa shape index (κ2) is 7.77. The largest absolute Gasteiger partial charge is 0.326 e. The Morgan fingerprint density at radius 3 is 1.29 bits per heavy atom. The molecule has 124 valence electrons. The topological polar surface area (TPSA) is 58.2 Å². The normalized spacial score (nSPS) is 20.2. The first-order valence-corrected chi connectivity index (χ1v) is 8.44. The molecule has 4 nitrogen and oxygen atoms in total. The fourth-order valence-electron chi connectivity index (χ4n) is 3.15. The van der Waals surface area contributed by atoms with Crippen molar-refractivity contribution in [2.75, 3.05) is 10.6 Å². The van der Waals surface area contributed by atoms with Crippen LogP contribution in [0.15, 0.2) is 60.7 Å². The van der Waals surface area contributed by atoms with Crippen molar-refractivity contribution in [3.8, 4) is 0 Å². The number of rotatable bonds is 4. The summed E-state index contributed by atoms with van der Waals surface area (Å²) in [5.41, 5.74) is 1.65. The molecule has 0 saturated heterocycles. The van der Waals surface area contributed by atoms with E-state index in [9.17, 15) is 9.59 Å². The van der Waals surface area contributed by atoms with E-state index in [2.05, 4.69) is 10.6 Å². The molecule has 0 aliphatic heterocycles. The van der Waals surface area contributed by atoms with Crippen molar-refractivity contribution in [1.82, 2.24) is 0 Å². The molecule has 24 heavy (non-hydrogen) atoms. The minimum Gasteiger partial charge on any atom is -0.326 e. The molecule has 1 saturated carbocycles. The van der Waals surface area contributed by atoms with Crippen LogP contribution >= 0.6 is 0 Å². The molecule has 3 rings (SSSR count). The molecule has 4 heteroatoms. The van der Waals surface area contributed by atoms with Crippen LogP contribution < -0.4 is 10.6 Å². The molecule has 2 aromatic carbocycles. The Hall–Kier alpha value is -2.62. The minimum atomic E-state index is -0.00835. The van der Waals surface area contributed by atoms with E-state index in [4.69, 9.17) is 0 Å². The molecule has 0 spiro atoms. The van der Waals surface area contributed by atoms with Crippen LogP contribution in [0.2, 0.25) is 0 Å². The summed E-state index contributed by atoms with van der Waals surface area (Å²) >= 11 is 0. The molecule has 0 unspecified atom stereocenters. The maximum atomic E-state index is 12.3. The molecule has 2 N–H and O–H groups in total. The average molecular weight is 322 g/mol. The van der Waals surface area contributed by atoms with Crippen LogP contribution in [0.3, 0.4) is 0 Å². The highest BCUT2D eigenvalue weighted by molar-refractivity contribution is 5.94. The summed E-state index contributed by atoms with van der Waals surface area (Å²) in [5, 5.41) is 5.91. The van der Waals surface area contributed by atoms with Gasteiger partial charge in [-0.05, 0) is 49.9 Å². The lowest BCUT2D eigenvalue weighted by atomic mass is 9.81. The van der Waals surface area contributed by atoms with Gasteiger partial charge in [-0.25, -0.2) is 0 Å². The molecular weight excluding hydrogens is 300 g/mol. The summed E-state index contributed by atoms with van der Waals surface area (Å²) in [6, 6.07) is 19.0. The van der Waals surface area contributed by atoms with E-state index in [0.29, 0.717) is 0 Å². The third-order valence-corrected chi connectivity index (χ3v) is 4.55. The van der Waals surface area contributed by atoms with E-state index in [1.54, 1.807) is 0 Å². The van der Waals surface area contributed by atoms with Gasteiger partial charge in [0.1, 0.15) is 0 Å². The number of para-hydroxylation sites is 2. The average Bonchev–Trinajstić information content (AvgIpc) is 2.63. The van der Waals surface area contributed by atoms with E-state index in [-0.39, 0.29) is 23.7 Å². The van der Waals surface area contributed by atoms with Gasteiger partial charge in [0.15, 0.2) is 0 Å². The Kier molecular flexibility index (Phi) is 5.26. The third kappa shape index (κ3) is 4.22. The SMILES string of the molecule is O=C(Nc1ccccc1)C1CCC(C(=O)Nc2ccccc2)CC1. The Labute approximate surface area is 142 Å². The summed E-state index contributed by atoms with van der Waals surface area (Å²) in [7, 11) is 0. The first kappa shape index (κ1) is 16.2. The van der Waals surface area contributed by atoms with Crippen molar-refractivity contribution in [1.29, 1.82) is 0 Å². The highest BCUT2D eigenvalue weighted by Crippen LogP contribution is 2.30. The molecule has 1 aliphatic rings. The third-order valence-electron chi connectivity index (χ3n) is 4.55. The van der Waals surface area contributed by atoms with E-state index in [0.717, 1.165) is 37.1 Å².